The van der Waals surface area contributed by atoms with Gasteiger partial charge in [-0.15, -0.1) is 11.3 Å². The van der Waals surface area contributed by atoms with Crippen molar-refractivity contribution in [2.75, 3.05) is 7.05 Å². The molecule has 3 unspecified atom stereocenters. The molecular formula is C13H19F3N2S. The maximum absolute atomic E-state index is 13.1. The molecule has 1 aliphatic rings. The van der Waals surface area contributed by atoms with Crippen LogP contribution in [0, 0.1) is 11.8 Å². The molecule has 0 aromatic carbocycles. The van der Waals surface area contributed by atoms with Gasteiger partial charge in [0, 0.05) is 24.0 Å². The molecular weight excluding hydrogens is 273 g/mol. The average molecular weight is 292 g/mol. The zero-order valence-corrected chi connectivity index (χ0v) is 11.7. The fourth-order valence-corrected chi connectivity index (χ4v) is 3.73. The van der Waals surface area contributed by atoms with E-state index in [1.54, 1.807) is 13.2 Å². The molecule has 1 aliphatic carbocycles. The third kappa shape index (κ3) is 3.69. The zero-order chi connectivity index (χ0) is 13.9. The van der Waals surface area contributed by atoms with E-state index in [0.717, 1.165) is 11.4 Å². The van der Waals surface area contributed by atoms with E-state index in [1.165, 1.54) is 11.3 Å². The minimum atomic E-state index is -4.08. The highest BCUT2D eigenvalue weighted by Crippen LogP contribution is 2.43. The number of thiazole rings is 1. The Morgan fingerprint density at radius 2 is 2.16 bits per heavy atom. The normalized spacial score (nSPS) is 26.3. The first-order valence-corrected chi connectivity index (χ1v) is 7.52. The van der Waals surface area contributed by atoms with Crippen LogP contribution >= 0.6 is 11.3 Å². The third-order valence-corrected chi connectivity index (χ3v) is 4.81. The molecule has 19 heavy (non-hydrogen) atoms. The van der Waals surface area contributed by atoms with Crippen LogP contribution in [-0.2, 0) is 6.42 Å². The molecule has 1 saturated carbocycles. The Bertz CT molecular complexity index is 378. The van der Waals surface area contributed by atoms with E-state index in [2.05, 4.69) is 10.3 Å². The van der Waals surface area contributed by atoms with E-state index in [0.29, 0.717) is 19.3 Å². The molecule has 2 nitrogen and oxygen atoms in total. The van der Waals surface area contributed by atoms with Crippen LogP contribution in [-0.4, -0.2) is 24.2 Å². The topological polar surface area (TPSA) is 24.9 Å². The highest BCUT2D eigenvalue weighted by atomic mass is 32.1. The summed E-state index contributed by atoms with van der Waals surface area (Å²) in [6.07, 6.45) is 0.718. The summed E-state index contributed by atoms with van der Waals surface area (Å²) in [7, 11) is 1.75. The maximum Gasteiger partial charge on any atom is 0.392 e. The lowest BCUT2D eigenvalue weighted by Gasteiger charge is -2.37. The van der Waals surface area contributed by atoms with Crippen molar-refractivity contribution in [3.05, 3.63) is 16.6 Å². The van der Waals surface area contributed by atoms with Gasteiger partial charge in [0.25, 0.3) is 0 Å². The van der Waals surface area contributed by atoms with Crippen molar-refractivity contribution in [2.45, 2.75) is 44.3 Å². The van der Waals surface area contributed by atoms with Crippen molar-refractivity contribution in [1.29, 1.82) is 0 Å². The highest BCUT2D eigenvalue weighted by Gasteiger charge is 2.47. The number of nitrogens with one attached hydrogen (secondary N) is 1. The quantitative estimate of drug-likeness (QED) is 0.916. The van der Waals surface area contributed by atoms with Gasteiger partial charge < -0.3 is 5.32 Å². The van der Waals surface area contributed by atoms with Gasteiger partial charge in [-0.1, -0.05) is 12.8 Å². The molecule has 1 fully saturated rings. The van der Waals surface area contributed by atoms with Crippen LogP contribution < -0.4 is 5.32 Å². The van der Waals surface area contributed by atoms with Gasteiger partial charge >= 0.3 is 6.18 Å². The minimum absolute atomic E-state index is 0.141. The van der Waals surface area contributed by atoms with Crippen molar-refractivity contribution in [3.63, 3.8) is 0 Å². The van der Waals surface area contributed by atoms with Crippen LogP contribution in [0.2, 0.25) is 0 Å². The second-order valence-corrected chi connectivity index (χ2v) is 6.10. The van der Waals surface area contributed by atoms with Crippen LogP contribution in [0.15, 0.2) is 11.6 Å². The Balaban J connectivity index is 2.10. The number of hydrogen-bond donors (Lipinski definition) is 1. The number of rotatable bonds is 4. The first-order chi connectivity index (χ1) is 9.02. The van der Waals surface area contributed by atoms with Gasteiger partial charge in [0.1, 0.15) is 0 Å². The van der Waals surface area contributed by atoms with E-state index in [-0.39, 0.29) is 18.4 Å². The minimum Gasteiger partial charge on any atom is -0.316 e. The summed E-state index contributed by atoms with van der Waals surface area (Å²) in [6, 6.07) is -0.141. The predicted octanol–water partition coefficient (Wildman–Crippen LogP) is 3.64. The van der Waals surface area contributed by atoms with E-state index in [4.69, 9.17) is 0 Å². The molecule has 1 aromatic heterocycles. The van der Waals surface area contributed by atoms with Crippen molar-refractivity contribution in [2.24, 2.45) is 11.8 Å². The second kappa shape index (κ2) is 6.22. The molecule has 0 saturated heterocycles. The molecule has 0 radical (unpaired) electrons. The van der Waals surface area contributed by atoms with E-state index < -0.39 is 12.1 Å². The number of halogens is 3. The standard InChI is InChI=1S/C13H19F3N2S/c1-17-11(8-12-18-6-7-19-12)9-4-2-3-5-10(9)13(14,15)16/h6-7,9-11,17H,2-5,8H2,1H3. The number of hydrogen-bond acceptors (Lipinski definition) is 3. The van der Waals surface area contributed by atoms with Crippen molar-refractivity contribution in [1.82, 2.24) is 10.3 Å². The zero-order valence-electron chi connectivity index (χ0n) is 10.9. The Hall–Kier alpha value is -0.620. The molecule has 0 spiro atoms. The molecule has 0 amide bonds. The van der Waals surface area contributed by atoms with E-state index in [1.807, 2.05) is 5.38 Å². The lowest BCUT2D eigenvalue weighted by Crippen LogP contribution is -2.45. The van der Waals surface area contributed by atoms with Gasteiger partial charge in [-0.05, 0) is 25.8 Å². The third-order valence-electron chi connectivity index (χ3n) is 4.01. The fraction of sp³-hybridized carbons (Fsp3) is 0.769. The van der Waals surface area contributed by atoms with Gasteiger partial charge in [-0.2, -0.15) is 13.2 Å². The Labute approximate surface area is 115 Å². The molecule has 0 bridgehead atoms. The summed E-state index contributed by atoms with van der Waals surface area (Å²) in [5.41, 5.74) is 0. The number of likely N-dealkylation sites (N-methyl/N-ethyl adjacent to an activating group) is 1. The smallest absolute Gasteiger partial charge is 0.316 e. The Morgan fingerprint density at radius 1 is 1.42 bits per heavy atom. The number of alkyl halides is 3. The molecule has 1 heterocycles. The molecule has 6 heteroatoms. The van der Waals surface area contributed by atoms with Gasteiger partial charge in [0.2, 0.25) is 0 Å². The van der Waals surface area contributed by atoms with E-state index in [9.17, 15) is 13.2 Å². The lowest BCUT2D eigenvalue weighted by atomic mass is 9.74. The fourth-order valence-electron chi connectivity index (χ4n) is 3.06. The Kier molecular flexibility index (Phi) is 4.84. The van der Waals surface area contributed by atoms with Gasteiger partial charge in [0.15, 0.2) is 0 Å². The molecule has 2 rings (SSSR count). The molecule has 1 aromatic rings. The molecule has 0 aliphatic heterocycles. The van der Waals surface area contributed by atoms with E-state index >= 15 is 0 Å². The summed E-state index contributed by atoms with van der Waals surface area (Å²) in [5, 5.41) is 5.85. The first kappa shape index (κ1) is 14.8. The summed E-state index contributed by atoms with van der Waals surface area (Å²) in [6.45, 7) is 0. The van der Waals surface area contributed by atoms with Gasteiger partial charge in [-0.25, -0.2) is 4.98 Å². The average Bonchev–Trinajstić information content (AvgIpc) is 2.88. The summed E-state index contributed by atoms with van der Waals surface area (Å²) < 4.78 is 39.4. The monoisotopic (exact) mass is 292 g/mol. The van der Waals surface area contributed by atoms with Crippen molar-refractivity contribution >= 4 is 11.3 Å². The first-order valence-electron chi connectivity index (χ1n) is 6.64. The van der Waals surface area contributed by atoms with Crippen LogP contribution in [0.3, 0.4) is 0 Å². The van der Waals surface area contributed by atoms with Crippen molar-refractivity contribution in [3.8, 4) is 0 Å². The molecule has 3 atom stereocenters. The van der Waals surface area contributed by atoms with Crippen LogP contribution in [0.4, 0.5) is 13.2 Å². The van der Waals surface area contributed by atoms with Crippen LogP contribution in [0.25, 0.3) is 0 Å². The number of aromatic nitrogens is 1. The van der Waals surface area contributed by atoms with Crippen molar-refractivity contribution < 1.29 is 13.2 Å². The summed E-state index contributed by atoms with van der Waals surface area (Å²) in [4.78, 5) is 4.18. The summed E-state index contributed by atoms with van der Waals surface area (Å²) >= 11 is 1.51. The molecule has 1 N–H and O–H groups in total. The highest BCUT2D eigenvalue weighted by molar-refractivity contribution is 7.09. The number of nitrogens with zero attached hydrogens (tertiary/aromatic N) is 1. The van der Waals surface area contributed by atoms with Gasteiger partial charge in [-0.3, -0.25) is 0 Å². The SMILES string of the molecule is CNC(Cc1nccs1)C1CCCCC1C(F)(F)F. The molecule has 108 valence electrons. The largest absolute Gasteiger partial charge is 0.392 e. The predicted molar refractivity (Wildman–Crippen MR) is 70.2 cm³/mol. The lowest BCUT2D eigenvalue weighted by molar-refractivity contribution is -0.199. The van der Waals surface area contributed by atoms with Crippen LogP contribution in [0.5, 0.6) is 0 Å². The van der Waals surface area contributed by atoms with Crippen LogP contribution in [0.1, 0.15) is 30.7 Å². The summed E-state index contributed by atoms with van der Waals surface area (Å²) in [5.74, 6) is -1.50. The maximum atomic E-state index is 13.1. The Morgan fingerprint density at radius 3 is 2.74 bits per heavy atom. The van der Waals surface area contributed by atoms with Gasteiger partial charge in [0.05, 0.1) is 10.9 Å². The second-order valence-electron chi connectivity index (χ2n) is 5.12.